The molecule has 0 atom stereocenters. The zero-order chi connectivity index (χ0) is 7.56. The molecule has 0 aliphatic rings. The molecule has 0 amide bonds. The fourth-order valence-electron chi connectivity index (χ4n) is 0.608. The van der Waals surface area contributed by atoms with Crippen molar-refractivity contribution in [3.63, 3.8) is 0 Å². The van der Waals surface area contributed by atoms with E-state index in [0.29, 0.717) is 6.54 Å². The second-order valence-electron chi connectivity index (χ2n) is 2.26. The summed E-state index contributed by atoms with van der Waals surface area (Å²) in [4.78, 5) is 1.84. The predicted molar refractivity (Wildman–Crippen MR) is 38.7 cm³/mol. The average molecular weight is 141 g/mol. The second-order valence-corrected chi connectivity index (χ2v) is 2.26. The maximum atomic E-state index is 5.32. The first kappa shape index (κ1) is 7.08. The molecule has 0 aromatic carbocycles. The maximum Gasteiger partial charge on any atom is 0.227 e. The molecule has 0 aliphatic carbocycles. The van der Waals surface area contributed by atoms with E-state index in [9.17, 15) is 0 Å². The SMILES string of the molecule is CN(C)c1cc(CN)no1. The molecule has 1 heterocycles. The summed E-state index contributed by atoms with van der Waals surface area (Å²) in [5.41, 5.74) is 6.10. The van der Waals surface area contributed by atoms with E-state index < -0.39 is 0 Å². The Morgan fingerprint density at radius 1 is 1.70 bits per heavy atom. The summed E-state index contributed by atoms with van der Waals surface area (Å²) in [6.45, 7) is 0.428. The Hall–Kier alpha value is -1.03. The smallest absolute Gasteiger partial charge is 0.227 e. The van der Waals surface area contributed by atoms with Gasteiger partial charge in [-0.1, -0.05) is 5.16 Å². The molecule has 0 bridgehead atoms. The fourth-order valence-corrected chi connectivity index (χ4v) is 0.608. The van der Waals surface area contributed by atoms with Crippen LogP contribution in [0.2, 0.25) is 0 Å². The van der Waals surface area contributed by atoms with Crippen molar-refractivity contribution < 1.29 is 4.52 Å². The minimum absolute atomic E-state index is 0.428. The molecule has 0 spiro atoms. The number of nitrogens with zero attached hydrogens (tertiary/aromatic N) is 2. The van der Waals surface area contributed by atoms with E-state index in [1.165, 1.54) is 0 Å². The summed E-state index contributed by atoms with van der Waals surface area (Å²) in [6, 6.07) is 1.82. The van der Waals surface area contributed by atoms with Crippen molar-refractivity contribution in [2.24, 2.45) is 5.73 Å². The molecule has 10 heavy (non-hydrogen) atoms. The molecule has 4 nitrogen and oxygen atoms in total. The van der Waals surface area contributed by atoms with Crippen LogP contribution in [0.5, 0.6) is 0 Å². The Labute approximate surface area is 59.6 Å². The summed E-state index contributed by atoms with van der Waals surface area (Å²) in [6.07, 6.45) is 0. The largest absolute Gasteiger partial charge is 0.347 e. The normalized spacial score (nSPS) is 9.90. The van der Waals surface area contributed by atoms with Crippen molar-refractivity contribution in [3.05, 3.63) is 11.8 Å². The van der Waals surface area contributed by atoms with E-state index >= 15 is 0 Å². The molecular weight excluding hydrogens is 130 g/mol. The van der Waals surface area contributed by atoms with Crippen LogP contribution in [0.3, 0.4) is 0 Å². The number of anilines is 1. The lowest BCUT2D eigenvalue weighted by Gasteiger charge is -2.03. The van der Waals surface area contributed by atoms with Gasteiger partial charge in [0.15, 0.2) is 0 Å². The van der Waals surface area contributed by atoms with E-state index in [0.717, 1.165) is 11.6 Å². The lowest BCUT2D eigenvalue weighted by Crippen LogP contribution is -2.06. The Kier molecular flexibility index (Phi) is 1.91. The topological polar surface area (TPSA) is 55.3 Å². The summed E-state index contributed by atoms with van der Waals surface area (Å²) >= 11 is 0. The van der Waals surface area contributed by atoms with Crippen LogP contribution in [-0.2, 0) is 6.54 Å². The van der Waals surface area contributed by atoms with E-state index in [4.69, 9.17) is 10.3 Å². The molecule has 0 radical (unpaired) electrons. The van der Waals surface area contributed by atoms with Crippen LogP contribution in [0, 0.1) is 0 Å². The highest BCUT2D eigenvalue weighted by atomic mass is 16.5. The molecule has 0 aliphatic heterocycles. The lowest BCUT2D eigenvalue weighted by molar-refractivity contribution is 0.416. The fraction of sp³-hybridized carbons (Fsp3) is 0.500. The first-order chi connectivity index (χ1) is 4.74. The predicted octanol–water partition coefficient (Wildman–Crippen LogP) is 0.199. The van der Waals surface area contributed by atoms with Crippen molar-refractivity contribution >= 4 is 5.88 Å². The highest BCUT2D eigenvalue weighted by Crippen LogP contribution is 2.11. The zero-order valence-electron chi connectivity index (χ0n) is 6.16. The lowest BCUT2D eigenvalue weighted by atomic mass is 10.4. The van der Waals surface area contributed by atoms with Gasteiger partial charge in [0.05, 0.1) is 5.69 Å². The average Bonchev–Trinajstić information content (AvgIpc) is 2.34. The minimum Gasteiger partial charge on any atom is -0.347 e. The standard InChI is InChI=1S/C6H11N3O/c1-9(2)6-3-5(4-7)8-10-6/h3H,4,7H2,1-2H3. The molecule has 1 rings (SSSR count). The monoisotopic (exact) mass is 141 g/mol. The van der Waals surface area contributed by atoms with Gasteiger partial charge in [-0.15, -0.1) is 0 Å². The van der Waals surface area contributed by atoms with Crippen LogP contribution in [0.15, 0.2) is 10.6 Å². The molecule has 1 aromatic heterocycles. The zero-order valence-corrected chi connectivity index (χ0v) is 6.16. The van der Waals surface area contributed by atoms with Gasteiger partial charge in [-0.05, 0) is 0 Å². The van der Waals surface area contributed by atoms with E-state index in [1.807, 2.05) is 25.1 Å². The highest BCUT2D eigenvalue weighted by Gasteiger charge is 2.02. The van der Waals surface area contributed by atoms with Gasteiger partial charge in [0, 0.05) is 26.7 Å². The number of hydrogen-bond acceptors (Lipinski definition) is 4. The van der Waals surface area contributed by atoms with Crippen LogP contribution in [-0.4, -0.2) is 19.3 Å². The van der Waals surface area contributed by atoms with Crippen molar-refractivity contribution in [1.82, 2.24) is 5.16 Å². The number of nitrogens with two attached hydrogens (primary N) is 1. The Morgan fingerprint density at radius 3 is 2.70 bits per heavy atom. The highest BCUT2D eigenvalue weighted by molar-refractivity contribution is 5.33. The Morgan fingerprint density at radius 2 is 2.40 bits per heavy atom. The van der Waals surface area contributed by atoms with Crippen molar-refractivity contribution in [2.75, 3.05) is 19.0 Å². The molecule has 0 fully saturated rings. The molecule has 4 heteroatoms. The van der Waals surface area contributed by atoms with Gasteiger partial charge in [-0.25, -0.2) is 0 Å². The number of rotatable bonds is 2. The second kappa shape index (κ2) is 2.70. The van der Waals surface area contributed by atoms with Gasteiger partial charge < -0.3 is 15.2 Å². The van der Waals surface area contributed by atoms with E-state index in [2.05, 4.69) is 5.16 Å². The summed E-state index contributed by atoms with van der Waals surface area (Å²) in [7, 11) is 3.78. The first-order valence-corrected chi connectivity index (χ1v) is 3.07. The molecule has 56 valence electrons. The van der Waals surface area contributed by atoms with Gasteiger partial charge in [-0.3, -0.25) is 0 Å². The van der Waals surface area contributed by atoms with Crippen LogP contribution in [0.1, 0.15) is 5.69 Å². The number of aromatic nitrogens is 1. The Balaban J connectivity index is 2.78. The summed E-state index contributed by atoms with van der Waals surface area (Å²) in [5.74, 6) is 0.737. The third-order valence-corrected chi connectivity index (χ3v) is 1.20. The first-order valence-electron chi connectivity index (χ1n) is 3.07. The molecule has 1 aromatic rings. The third-order valence-electron chi connectivity index (χ3n) is 1.20. The van der Waals surface area contributed by atoms with Crippen LogP contribution in [0.4, 0.5) is 5.88 Å². The van der Waals surface area contributed by atoms with Gasteiger partial charge in [0.1, 0.15) is 0 Å². The Bertz CT molecular complexity index is 207. The van der Waals surface area contributed by atoms with Gasteiger partial charge >= 0.3 is 0 Å². The quantitative estimate of drug-likeness (QED) is 0.639. The van der Waals surface area contributed by atoms with Crippen molar-refractivity contribution in [3.8, 4) is 0 Å². The molecule has 0 unspecified atom stereocenters. The minimum atomic E-state index is 0.428. The van der Waals surface area contributed by atoms with Gasteiger partial charge in [0.25, 0.3) is 0 Å². The summed E-state index contributed by atoms with van der Waals surface area (Å²) < 4.78 is 4.91. The molecular formula is C6H11N3O. The van der Waals surface area contributed by atoms with Crippen molar-refractivity contribution in [2.45, 2.75) is 6.54 Å². The van der Waals surface area contributed by atoms with Crippen LogP contribution < -0.4 is 10.6 Å². The van der Waals surface area contributed by atoms with E-state index in [-0.39, 0.29) is 0 Å². The molecule has 0 saturated carbocycles. The maximum absolute atomic E-state index is 5.32. The third kappa shape index (κ3) is 1.27. The van der Waals surface area contributed by atoms with E-state index in [1.54, 1.807) is 0 Å². The summed E-state index contributed by atoms with van der Waals surface area (Å²) in [5, 5.41) is 3.71. The van der Waals surface area contributed by atoms with Gasteiger partial charge in [0.2, 0.25) is 5.88 Å². The number of hydrogen-bond donors (Lipinski definition) is 1. The van der Waals surface area contributed by atoms with Crippen LogP contribution >= 0.6 is 0 Å². The van der Waals surface area contributed by atoms with Crippen molar-refractivity contribution in [1.29, 1.82) is 0 Å². The molecule has 2 N–H and O–H groups in total. The molecule has 0 saturated heterocycles. The van der Waals surface area contributed by atoms with Crippen LogP contribution in [0.25, 0.3) is 0 Å². The van der Waals surface area contributed by atoms with Gasteiger partial charge in [-0.2, -0.15) is 0 Å².